The molecule has 0 amide bonds. The summed E-state index contributed by atoms with van der Waals surface area (Å²) in [4.78, 5) is 25.0. The van der Waals surface area contributed by atoms with Crippen molar-refractivity contribution < 1.29 is 14.7 Å². The summed E-state index contributed by atoms with van der Waals surface area (Å²) in [5.74, 6) is -0.175. The first-order valence-electron chi connectivity index (χ1n) is 7.46. The summed E-state index contributed by atoms with van der Waals surface area (Å²) < 4.78 is 0. The van der Waals surface area contributed by atoms with Gasteiger partial charge in [0, 0.05) is 16.9 Å². The fourth-order valence-corrected chi connectivity index (χ4v) is 3.08. The average Bonchev–Trinajstić information content (AvgIpc) is 2.53. The molecule has 0 aromatic heterocycles. The molecule has 22 heavy (non-hydrogen) atoms. The van der Waals surface area contributed by atoms with Crippen LogP contribution in [0.25, 0.3) is 10.4 Å². The second-order valence-corrected chi connectivity index (χ2v) is 5.75. The molecule has 0 saturated heterocycles. The van der Waals surface area contributed by atoms with Crippen LogP contribution >= 0.6 is 0 Å². The van der Waals surface area contributed by atoms with Crippen molar-refractivity contribution in [3.05, 3.63) is 45.8 Å². The fraction of sp³-hybridized carbons (Fsp3) is 0.500. The maximum atomic E-state index is 11.7. The molecule has 0 atom stereocenters. The number of hydrogen-bond donors (Lipinski definition) is 1. The molecule has 6 heteroatoms. The zero-order valence-corrected chi connectivity index (χ0v) is 12.3. The number of rotatable bonds is 6. The van der Waals surface area contributed by atoms with Gasteiger partial charge in [-0.05, 0) is 48.6 Å². The lowest BCUT2D eigenvalue weighted by molar-refractivity contribution is -0.138. The Labute approximate surface area is 128 Å². The minimum Gasteiger partial charge on any atom is -0.481 e. The summed E-state index contributed by atoms with van der Waals surface area (Å²) in [6, 6.07) is 7.44. The lowest BCUT2D eigenvalue weighted by Gasteiger charge is -2.28. The minimum absolute atomic E-state index is 0.157. The van der Waals surface area contributed by atoms with Gasteiger partial charge in [-0.2, -0.15) is 0 Å². The molecule has 0 aliphatic heterocycles. The largest absolute Gasteiger partial charge is 0.481 e. The van der Waals surface area contributed by atoms with Gasteiger partial charge in [-0.15, -0.1) is 0 Å². The number of hydrogen-bond acceptors (Lipinski definition) is 3. The first-order valence-corrected chi connectivity index (χ1v) is 7.46. The van der Waals surface area contributed by atoms with Gasteiger partial charge in [-0.25, -0.2) is 0 Å². The third-order valence-electron chi connectivity index (χ3n) is 4.29. The van der Waals surface area contributed by atoms with E-state index in [-0.39, 0.29) is 18.7 Å². The normalized spacial score (nSPS) is 20.9. The van der Waals surface area contributed by atoms with E-state index in [1.165, 1.54) is 5.56 Å². The lowest BCUT2D eigenvalue weighted by Crippen LogP contribution is -2.16. The average molecular weight is 301 g/mol. The molecule has 0 unspecified atom stereocenters. The van der Waals surface area contributed by atoms with Gasteiger partial charge in [0.05, 0.1) is 6.54 Å². The van der Waals surface area contributed by atoms with Crippen molar-refractivity contribution in [2.45, 2.75) is 38.0 Å². The second-order valence-electron chi connectivity index (χ2n) is 5.75. The van der Waals surface area contributed by atoms with E-state index in [9.17, 15) is 9.59 Å². The molecule has 0 radical (unpaired) electrons. The highest BCUT2D eigenvalue weighted by molar-refractivity contribution is 5.97. The van der Waals surface area contributed by atoms with Crippen LogP contribution in [0.4, 0.5) is 0 Å². The Kier molecular flexibility index (Phi) is 5.55. The van der Waals surface area contributed by atoms with Crippen molar-refractivity contribution in [1.82, 2.24) is 0 Å². The summed E-state index contributed by atoms with van der Waals surface area (Å²) in [6.45, 7) is -0.157. The van der Waals surface area contributed by atoms with E-state index in [1.54, 1.807) is 12.1 Å². The number of carboxylic acid groups (broad SMARTS) is 1. The van der Waals surface area contributed by atoms with Crippen molar-refractivity contribution in [2.75, 3.05) is 6.54 Å². The number of carboxylic acids is 1. The van der Waals surface area contributed by atoms with Crippen LogP contribution < -0.4 is 0 Å². The molecule has 0 spiro atoms. The molecule has 116 valence electrons. The van der Waals surface area contributed by atoms with Gasteiger partial charge in [0.1, 0.15) is 0 Å². The van der Waals surface area contributed by atoms with Crippen LogP contribution in [0, 0.1) is 5.92 Å². The molecule has 0 bridgehead atoms. The van der Waals surface area contributed by atoms with E-state index in [0.29, 0.717) is 17.4 Å². The van der Waals surface area contributed by atoms with Crippen LogP contribution in [0.3, 0.4) is 0 Å². The Bertz CT molecular complexity index is 583. The van der Waals surface area contributed by atoms with E-state index >= 15 is 0 Å². The summed E-state index contributed by atoms with van der Waals surface area (Å²) >= 11 is 0. The molecule has 2 rings (SSSR count). The molecular formula is C16H19N3O3. The van der Waals surface area contributed by atoms with Crippen LogP contribution in [0.1, 0.15) is 53.9 Å². The molecule has 1 saturated carbocycles. The lowest BCUT2D eigenvalue weighted by atomic mass is 9.77. The van der Waals surface area contributed by atoms with Crippen LogP contribution in [-0.2, 0) is 4.79 Å². The molecular weight excluding hydrogens is 282 g/mol. The molecule has 1 aromatic rings. The van der Waals surface area contributed by atoms with Gasteiger partial charge in [-0.1, -0.05) is 29.4 Å². The monoisotopic (exact) mass is 301 g/mol. The fourth-order valence-electron chi connectivity index (χ4n) is 3.08. The van der Waals surface area contributed by atoms with Crippen LogP contribution in [0.15, 0.2) is 29.4 Å². The SMILES string of the molecule is [N-]=[N+]=NCC(=O)c1ccc(C2CCC(CC(=O)O)CC2)cc1. The zero-order chi connectivity index (χ0) is 15.9. The molecule has 6 nitrogen and oxygen atoms in total. The number of azide groups is 1. The molecule has 1 aliphatic carbocycles. The number of nitrogens with zero attached hydrogens (tertiary/aromatic N) is 3. The quantitative estimate of drug-likeness (QED) is 0.372. The van der Waals surface area contributed by atoms with Crippen LogP contribution in [0.2, 0.25) is 0 Å². The summed E-state index contributed by atoms with van der Waals surface area (Å²) in [6.07, 6.45) is 4.12. The van der Waals surface area contributed by atoms with Gasteiger partial charge < -0.3 is 5.11 Å². The second kappa shape index (κ2) is 7.61. The molecule has 1 N–H and O–H groups in total. The maximum absolute atomic E-state index is 11.7. The third-order valence-corrected chi connectivity index (χ3v) is 4.29. The minimum atomic E-state index is -0.716. The van der Waals surface area contributed by atoms with Gasteiger partial charge in [0.2, 0.25) is 0 Å². The highest BCUT2D eigenvalue weighted by Crippen LogP contribution is 2.37. The number of benzene rings is 1. The highest BCUT2D eigenvalue weighted by Gasteiger charge is 2.24. The van der Waals surface area contributed by atoms with Gasteiger partial charge in [0.15, 0.2) is 5.78 Å². The first-order chi connectivity index (χ1) is 10.6. The number of carbonyl (C=O) groups is 2. The highest BCUT2D eigenvalue weighted by atomic mass is 16.4. The summed E-state index contributed by atoms with van der Waals surface area (Å²) in [5.41, 5.74) is 9.96. The number of Topliss-reactive ketones (excluding diaryl/α,β-unsaturated/α-hetero) is 1. The molecule has 1 aliphatic rings. The Hall–Kier alpha value is -2.33. The predicted octanol–water partition coefficient (Wildman–Crippen LogP) is 3.93. The number of ketones is 1. The van der Waals surface area contributed by atoms with E-state index in [4.69, 9.17) is 10.6 Å². The number of carbonyl (C=O) groups excluding carboxylic acids is 1. The van der Waals surface area contributed by atoms with E-state index in [1.807, 2.05) is 12.1 Å². The Morgan fingerprint density at radius 2 is 1.82 bits per heavy atom. The van der Waals surface area contributed by atoms with Crippen molar-refractivity contribution in [2.24, 2.45) is 11.0 Å². The zero-order valence-electron chi connectivity index (χ0n) is 12.3. The Balaban J connectivity index is 1.93. The smallest absolute Gasteiger partial charge is 0.303 e. The summed E-state index contributed by atoms with van der Waals surface area (Å²) in [7, 11) is 0. The van der Waals surface area contributed by atoms with Crippen molar-refractivity contribution in [1.29, 1.82) is 0 Å². The topological polar surface area (TPSA) is 103 Å². The van der Waals surface area contributed by atoms with E-state index in [2.05, 4.69) is 10.0 Å². The molecule has 1 fully saturated rings. The van der Waals surface area contributed by atoms with E-state index < -0.39 is 5.97 Å². The van der Waals surface area contributed by atoms with Crippen molar-refractivity contribution in [3.8, 4) is 0 Å². The first kappa shape index (κ1) is 16.0. The van der Waals surface area contributed by atoms with Crippen LogP contribution in [-0.4, -0.2) is 23.4 Å². The van der Waals surface area contributed by atoms with Gasteiger partial charge in [0.25, 0.3) is 0 Å². The summed E-state index contributed by atoms with van der Waals surface area (Å²) in [5, 5.41) is 12.1. The number of aliphatic carboxylic acids is 1. The Morgan fingerprint density at radius 3 is 2.36 bits per heavy atom. The van der Waals surface area contributed by atoms with Gasteiger partial charge >= 0.3 is 5.97 Å². The Morgan fingerprint density at radius 1 is 1.18 bits per heavy atom. The standard InChI is InChI=1S/C16H19N3O3/c17-19-18-10-15(20)14-7-5-13(6-8-14)12-3-1-11(2-4-12)9-16(21)22/h5-8,11-12H,1-4,9-10H2,(H,21,22). The van der Waals surface area contributed by atoms with E-state index in [0.717, 1.165) is 25.7 Å². The van der Waals surface area contributed by atoms with Crippen molar-refractivity contribution in [3.63, 3.8) is 0 Å². The molecule has 1 aromatic carbocycles. The van der Waals surface area contributed by atoms with Crippen LogP contribution in [0.5, 0.6) is 0 Å². The third kappa shape index (κ3) is 4.33. The van der Waals surface area contributed by atoms with Gasteiger partial charge in [-0.3, -0.25) is 9.59 Å². The maximum Gasteiger partial charge on any atom is 0.303 e. The van der Waals surface area contributed by atoms with Crippen molar-refractivity contribution >= 4 is 11.8 Å². The predicted molar refractivity (Wildman–Crippen MR) is 81.7 cm³/mol. The molecule has 0 heterocycles.